The quantitative estimate of drug-likeness (QED) is 0.726. The van der Waals surface area contributed by atoms with Gasteiger partial charge in [-0.3, -0.25) is 0 Å². The van der Waals surface area contributed by atoms with Gasteiger partial charge in [0.05, 0.1) is 7.11 Å². The van der Waals surface area contributed by atoms with Crippen molar-refractivity contribution in [1.82, 2.24) is 5.32 Å². The normalized spacial score (nSPS) is 14.1. The van der Waals surface area contributed by atoms with Gasteiger partial charge in [-0.05, 0) is 43.0 Å². The van der Waals surface area contributed by atoms with Crippen LogP contribution >= 0.6 is 0 Å². The summed E-state index contributed by atoms with van der Waals surface area (Å²) in [6.07, 6.45) is 4.96. The number of hydrogen-bond donors (Lipinski definition) is 1. The molecule has 2 heteroatoms. The first kappa shape index (κ1) is 16.0. The van der Waals surface area contributed by atoms with E-state index in [0.29, 0.717) is 6.04 Å². The van der Waals surface area contributed by atoms with Crippen LogP contribution in [-0.4, -0.2) is 19.7 Å². The van der Waals surface area contributed by atoms with Gasteiger partial charge in [0.25, 0.3) is 0 Å². The average molecular weight is 263 g/mol. The first-order chi connectivity index (χ1) is 9.19. The van der Waals surface area contributed by atoms with Crippen LogP contribution in [-0.2, 0) is 6.42 Å². The fourth-order valence-corrected chi connectivity index (χ4v) is 2.67. The lowest BCUT2D eigenvalue weighted by atomic mass is 9.93. The van der Waals surface area contributed by atoms with E-state index in [2.05, 4.69) is 38.2 Å². The van der Waals surface area contributed by atoms with Crippen molar-refractivity contribution in [3.63, 3.8) is 0 Å². The second-order valence-corrected chi connectivity index (χ2v) is 5.44. The second kappa shape index (κ2) is 8.98. The predicted octanol–water partition coefficient (Wildman–Crippen LogP) is 4.04. The number of rotatable bonds is 9. The van der Waals surface area contributed by atoms with E-state index in [4.69, 9.17) is 4.74 Å². The Morgan fingerprint density at radius 2 is 1.84 bits per heavy atom. The van der Waals surface area contributed by atoms with E-state index in [1.807, 2.05) is 12.1 Å². The molecule has 0 heterocycles. The van der Waals surface area contributed by atoms with Crippen molar-refractivity contribution >= 4 is 0 Å². The number of nitrogens with one attached hydrogen (secondary N) is 1. The Hall–Kier alpha value is -1.02. The highest BCUT2D eigenvalue weighted by molar-refractivity contribution is 5.27. The van der Waals surface area contributed by atoms with Crippen molar-refractivity contribution < 1.29 is 4.74 Å². The molecule has 19 heavy (non-hydrogen) atoms. The summed E-state index contributed by atoms with van der Waals surface area (Å²) in [5.74, 6) is 1.73. The molecular formula is C17H29NO. The molecule has 2 nitrogen and oxygen atoms in total. The molecule has 0 spiro atoms. The fraction of sp³-hybridized carbons (Fsp3) is 0.647. The predicted molar refractivity (Wildman–Crippen MR) is 82.9 cm³/mol. The lowest BCUT2D eigenvalue weighted by Crippen LogP contribution is -2.32. The SMILES string of the molecule is CCCC(C)CC(Cc1ccc(OC)cc1)NCC. The van der Waals surface area contributed by atoms with Gasteiger partial charge in [-0.1, -0.05) is 45.7 Å². The molecule has 0 amide bonds. The molecule has 0 aliphatic carbocycles. The van der Waals surface area contributed by atoms with Crippen LogP contribution in [0.15, 0.2) is 24.3 Å². The third-order valence-corrected chi connectivity index (χ3v) is 3.60. The molecule has 0 saturated heterocycles. The van der Waals surface area contributed by atoms with Crippen LogP contribution < -0.4 is 10.1 Å². The Morgan fingerprint density at radius 3 is 2.37 bits per heavy atom. The Labute approximate surface area is 118 Å². The zero-order valence-corrected chi connectivity index (χ0v) is 12.9. The third kappa shape index (κ3) is 6.11. The monoisotopic (exact) mass is 263 g/mol. The van der Waals surface area contributed by atoms with Crippen molar-refractivity contribution in [3.05, 3.63) is 29.8 Å². The number of likely N-dealkylation sites (N-methyl/N-ethyl adjacent to an activating group) is 1. The van der Waals surface area contributed by atoms with Crippen LogP contribution in [0.3, 0.4) is 0 Å². The molecule has 0 radical (unpaired) electrons. The number of benzene rings is 1. The number of ether oxygens (including phenoxy) is 1. The minimum atomic E-state index is 0.583. The smallest absolute Gasteiger partial charge is 0.118 e. The van der Waals surface area contributed by atoms with E-state index in [-0.39, 0.29) is 0 Å². The summed E-state index contributed by atoms with van der Waals surface area (Å²) in [5.41, 5.74) is 1.38. The van der Waals surface area contributed by atoms with E-state index in [9.17, 15) is 0 Å². The first-order valence-electron chi connectivity index (χ1n) is 7.55. The number of hydrogen-bond acceptors (Lipinski definition) is 2. The van der Waals surface area contributed by atoms with Crippen LogP contribution in [0.25, 0.3) is 0 Å². The van der Waals surface area contributed by atoms with E-state index in [1.165, 1.54) is 24.8 Å². The summed E-state index contributed by atoms with van der Waals surface area (Å²) in [6.45, 7) is 7.86. The Balaban J connectivity index is 2.55. The largest absolute Gasteiger partial charge is 0.497 e. The van der Waals surface area contributed by atoms with Gasteiger partial charge in [-0.15, -0.1) is 0 Å². The Bertz CT molecular complexity index is 334. The summed E-state index contributed by atoms with van der Waals surface area (Å²) in [4.78, 5) is 0. The van der Waals surface area contributed by atoms with Crippen molar-refractivity contribution in [2.24, 2.45) is 5.92 Å². The maximum atomic E-state index is 5.20. The van der Waals surface area contributed by atoms with Gasteiger partial charge in [-0.25, -0.2) is 0 Å². The van der Waals surface area contributed by atoms with Gasteiger partial charge < -0.3 is 10.1 Å². The summed E-state index contributed by atoms with van der Waals surface area (Å²) in [5, 5.41) is 3.62. The van der Waals surface area contributed by atoms with Crippen LogP contribution in [0.2, 0.25) is 0 Å². The molecule has 1 N–H and O–H groups in total. The summed E-state index contributed by atoms with van der Waals surface area (Å²) in [6, 6.07) is 9.03. The molecule has 0 saturated carbocycles. The minimum Gasteiger partial charge on any atom is -0.497 e. The molecule has 1 aromatic carbocycles. The fourth-order valence-electron chi connectivity index (χ4n) is 2.67. The molecule has 1 aromatic rings. The van der Waals surface area contributed by atoms with E-state index < -0.39 is 0 Å². The van der Waals surface area contributed by atoms with Gasteiger partial charge in [0.15, 0.2) is 0 Å². The summed E-state index contributed by atoms with van der Waals surface area (Å²) < 4.78 is 5.20. The Kier molecular flexibility index (Phi) is 7.57. The highest BCUT2D eigenvalue weighted by Gasteiger charge is 2.12. The molecule has 2 unspecified atom stereocenters. The van der Waals surface area contributed by atoms with Gasteiger partial charge >= 0.3 is 0 Å². The highest BCUT2D eigenvalue weighted by Crippen LogP contribution is 2.17. The van der Waals surface area contributed by atoms with Crippen LogP contribution in [0.5, 0.6) is 5.75 Å². The van der Waals surface area contributed by atoms with Crippen molar-refractivity contribution in [1.29, 1.82) is 0 Å². The second-order valence-electron chi connectivity index (χ2n) is 5.44. The molecule has 2 atom stereocenters. The topological polar surface area (TPSA) is 21.3 Å². The van der Waals surface area contributed by atoms with E-state index in [0.717, 1.165) is 24.6 Å². The third-order valence-electron chi connectivity index (χ3n) is 3.60. The summed E-state index contributed by atoms with van der Waals surface area (Å²) in [7, 11) is 1.71. The molecular weight excluding hydrogens is 234 g/mol. The number of methoxy groups -OCH3 is 1. The van der Waals surface area contributed by atoms with Gasteiger partial charge in [0.2, 0.25) is 0 Å². The van der Waals surface area contributed by atoms with Crippen LogP contribution in [0.1, 0.15) is 45.6 Å². The van der Waals surface area contributed by atoms with Crippen molar-refractivity contribution in [3.8, 4) is 5.75 Å². The van der Waals surface area contributed by atoms with Crippen molar-refractivity contribution in [2.45, 2.75) is 52.5 Å². The standard InChI is InChI=1S/C17H29NO/c1-5-7-14(3)12-16(18-6-2)13-15-8-10-17(19-4)11-9-15/h8-11,14,16,18H,5-7,12-13H2,1-4H3. The van der Waals surface area contributed by atoms with Gasteiger partial charge in [0, 0.05) is 6.04 Å². The first-order valence-corrected chi connectivity index (χ1v) is 7.55. The Morgan fingerprint density at radius 1 is 1.16 bits per heavy atom. The maximum Gasteiger partial charge on any atom is 0.118 e. The molecule has 0 aliphatic heterocycles. The molecule has 108 valence electrons. The molecule has 0 fully saturated rings. The average Bonchev–Trinajstić information content (AvgIpc) is 2.40. The lowest BCUT2D eigenvalue weighted by molar-refractivity contribution is 0.385. The zero-order chi connectivity index (χ0) is 14.1. The molecule has 1 rings (SSSR count). The minimum absolute atomic E-state index is 0.583. The van der Waals surface area contributed by atoms with Crippen molar-refractivity contribution in [2.75, 3.05) is 13.7 Å². The molecule has 0 aliphatic rings. The maximum absolute atomic E-state index is 5.20. The molecule has 0 aromatic heterocycles. The van der Waals surface area contributed by atoms with E-state index >= 15 is 0 Å². The highest BCUT2D eigenvalue weighted by atomic mass is 16.5. The van der Waals surface area contributed by atoms with Crippen LogP contribution in [0.4, 0.5) is 0 Å². The summed E-state index contributed by atoms with van der Waals surface area (Å²) >= 11 is 0. The molecule has 0 bridgehead atoms. The zero-order valence-electron chi connectivity index (χ0n) is 12.9. The van der Waals surface area contributed by atoms with Gasteiger partial charge in [-0.2, -0.15) is 0 Å². The lowest BCUT2D eigenvalue weighted by Gasteiger charge is -2.22. The van der Waals surface area contributed by atoms with Gasteiger partial charge in [0.1, 0.15) is 5.75 Å². The van der Waals surface area contributed by atoms with E-state index in [1.54, 1.807) is 7.11 Å². The van der Waals surface area contributed by atoms with Crippen LogP contribution in [0, 0.1) is 5.92 Å².